The van der Waals surface area contributed by atoms with E-state index in [-0.39, 0.29) is 5.82 Å². The number of likely N-dealkylation sites (tertiary alicyclic amines) is 1. The third kappa shape index (κ3) is 3.78. The Kier molecular flexibility index (Phi) is 4.21. The van der Waals surface area contributed by atoms with Gasteiger partial charge in [0.25, 0.3) is 0 Å². The number of hydrogen-bond acceptors (Lipinski definition) is 2. The molecule has 0 radical (unpaired) electrons. The van der Waals surface area contributed by atoms with Crippen LogP contribution in [0.5, 0.6) is 0 Å². The average Bonchev–Trinajstić information content (AvgIpc) is 2.54. The Morgan fingerprint density at radius 2 is 2.11 bits per heavy atom. The molecule has 1 saturated heterocycles. The van der Waals surface area contributed by atoms with Gasteiger partial charge in [-0.1, -0.05) is 13.8 Å². The smallest absolute Gasteiger partial charge is 0.127 e. The highest BCUT2D eigenvalue weighted by Crippen LogP contribution is 2.30. The Morgan fingerprint density at radius 3 is 2.84 bits per heavy atom. The van der Waals surface area contributed by atoms with Crippen molar-refractivity contribution in [3.63, 3.8) is 0 Å². The van der Waals surface area contributed by atoms with Crippen LogP contribution in [0.3, 0.4) is 0 Å². The van der Waals surface area contributed by atoms with E-state index in [9.17, 15) is 4.39 Å². The second kappa shape index (κ2) is 5.71. The molecular weight excluding hydrogens is 239 g/mol. The fourth-order valence-electron chi connectivity index (χ4n) is 2.64. The number of hydrogen-bond donors (Lipinski definition) is 0. The van der Waals surface area contributed by atoms with Gasteiger partial charge in [-0.25, -0.2) is 4.39 Å². The van der Waals surface area contributed by atoms with Crippen molar-refractivity contribution in [1.82, 2.24) is 4.90 Å². The van der Waals surface area contributed by atoms with Crippen molar-refractivity contribution in [2.24, 2.45) is 5.41 Å². The summed E-state index contributed by atoms with van der Waals surface area (Å²) in [6, 6.07) is 6.67. The van der Waals surface area contributed by atoms with E-state index in [0.717, 1.165) is 25.9 Å². The van der Waals surface area contributed by atoms with Gasteiger partial charge < -0.3 is 0 Å². The van der Waals surface area contributed by atoms with Crippen molar-refractivity contribution in [2.45, 2.75) is 39.7 Å². The summed E-state index contributed by atoms with van der Waals surface area (Å²) in [5.41, 5.74) is 1.56. The van der Waals surface area contributed by atoms with Gasteiger partial charge in [-0.3, -0.25) is 4.90 Å². The molecule has 1 aliphatic rings. The van der Waals surface area contributed by atoms with Crippen LogP contribution in [-0.4, -0.2) is 18.0 Å². The summed E-state index contributed by atoms with van der Waals surface area (Å²) in [4.78, 5) is 2.30. The Hall–Kier alpha value is -1.40. The largest absolute Gasteiger partial charge is 0.299 e. The summed E-state index contributed by atoms with van der Waals surface area (Å²) in [5, 5.41) is 8.89. The molecular formula is C16H21FN2. The lowest BCUT2D eigenvalue weighted by atomic mass is 9.85. The lowest BCUT2D eigenvalue weighted by Gasteiger charge is -2.23. The maximum atomic E-state index is 13.8. The number of rotatable bonds is 2. The molecule has 0 amide bonds. The monoisotopic (exact) mass is 260 g/mol. The van der Waals surface area contributed by atoms with Crippen LogP contribution < -0.4 is 0 Å². The average molecular weight is 260 g/mol. The van der Waals surface area contributed by atoms with E-state index < -0.39 is 0 Å². The molecule has 1 aromatic carbocycles. The van der Waals surface area contributed by atoms with Gasteiger partial charge >= 0.3 is 0 Å². The molecule has 19 heavy (non-hydrogen) atoms. The number of benzene rings is 1. The van der Waals surface area contributed by atoms with E-state index in [2.05, 4.69) is 24.8 Å². The standard InChI is InChI=1S/C16H21FN2/c1-16(2)6-3-8-19(9-7-16)12-14-10-13(11-18)4-5-15(14)17/h4-5,10H,3,6-9,12H2,1-2H3. The second-order valence-electron chi connectivity index (χ2n) is 6.21. The van der Waals surface area contributed by atoms with Gasteiger partial charge in [-0.05, 0) is 56.0 Å². The molecule has 1 aliphatic heterocycles. The van der Waals surface area contributed by atoms with Crippen LogP contribution in [0.1, 0.15) is 44.2 Å². The van der Waals surface area contributed by atoms with Crippen LogP contribution in [0.15, 0.2) is 18.2 Å². The minimum absolute atomic E-state index is 0.206. The van der Waals surface area contributed by atoms with Crippen molar-refractivity contribution in [3.05, 3.63) is 35.1 Å². The SMILES string of the molecule is CC1(C)CCCN(Cc2cc(C#N)ccc2F)CC1. The zero-order valence-electron chi connectivity index (χ0n) is 11.7. The Balaban J connectivity index is 2.07. The Bertz CT molecular complexity index is 488. The molecule has 0 N–H and O–H groups in total. The zero-order valence-corrected chi connectivity index (χ0v) is 11.7. The van der Waals surface area contributed by atoms with E-state index in [4.69, 9.17) is 5.26 Å². The first kappa shape index (κ1) is 14.0. The highest BCUT2D eigenvalue weighted by atomic mass is 19.1. The minimum atomic E-state index is -0.206. The van der Waals surface area contributed by atoms with Gasteiger partial charge in [0, 0.05) is 12.1 Å². The Morgan fingerprint density at radius 1 is 1.32 bits per heavy atom. The molecule has 102 valence electrons. The molecule has 2 rings (SSSR count). The van der Waals surface area contributed by atoms with E-state index in [1.54, 1.807) is 6.07 Å². The maximum Gasteiger partial charge on any atom is 0.127 e. The lowest BCUT2D eigenvalue weighted by Crippen LogP contribution is -2.25. The molecule has 1 fully saturated rings. The van der Waals surface area contributed by atoms with Gasteiger partial charge in [0.1, 0.15) is 5.82 Å². The first-order chi connectivity index (χ1) is 9.00. The van der Waals surface area contributed by atoms with Crippen molar-refractivity contribution in [3.8, 4) is 6.07 Å². The third-order valence-corrected chi connectivity index (χ3v) is 4.00. The lowest BCUT2D eigenvalue weighted by molar-refractivity contribution is 0.253. The van der Waals surface area contributed by atoms with Crippen molar-refractivity contribution in [2.75, 3.05) is 13.1 Å². The molecule has 0 unspecified atom stereocenters. The highest BCUT2D eigenvalue weighted by molar-refractivity contribution is 5.33. The molecule has 0 atom stereocenters. The summed E-state index contributed by atoms with van der Waals surface area (Å²) < 4.78 is 13.8. The van der Waals surface area contributed by atoms with Crippen molar-refractivity contribution < 1.29 is 4.39 Å². The van der Waals surface area contributed by atoms with Crippen LogP contribution in [0, 0.1) is 22.6 Å². The van der Waals surface area contributed by atoms with Crippen molar-refractivity contribution >= 4 is 0 Å². The summed E-state index contributed by atoms with van der Waals surface area (Å²) in [5.74, 6) is -0.206. The van der Waals surface area contributed by atoms with Crippen LogP contribution in [-0.2, 0) is 6.54 Å². The van der Waals surface area contributed by atoms with Gasteiger partial charge in [0.15, 0.2) is 0 Å². The van der Waals surface area contributed by atoms with Gasteiger partial charge in [0.05, 0.1) is 11.6 Å². The van der Waals surface area contributed by atoms with Crippen LogP contribution in [0.2, 0.25) is 0 Å². The van der Waals surface area contributed by atoms with E-state index in [1.165, 1.54) is 18.6 Å². The van der Waals surface area contributed by atoms with Gasteiger partial charge in [-0.15, -0.1) is 0 Å². The van der Waals surface area contributed by atoms with Crippen molar-refractivity contribution in [1.29, 1.82) is 5.26 Å². The van der Waals surface area contributed by atoms with E-state index in [0.29, 0.717) is 23.1 Å². The van der Waals surface area contributed by atoms with Gasteiger partial charge in [0.2, 0.25) is 0 Å². The predicted octanol–water partition coefficient (Wildman–Crippen LogP) is 3.71. The number of nitrogens with zero attached hydrogens (tertiary/aromatic N) is 2. The molecule has 0 spiro atoms. The van der Waals surface area contributed by atoms with Crippen LogP contribution in [0.25, 0.3) is 0 Å². The number of halogens is 1. The fourth-order valence-corrected chi connectivity index (χ4v) is 2.64. The molecule has 3 heteroatoms. The Labute approximate surface area is 114 Å². The van der Waals surface area contributed by atoms with E-state index in [1.807, 2.05) is 0 Å². The quantitative estimate of drug-likeness (QED) is 0.810. The molecule has 1 aromatic rings. The molecule has 2 nitrogen and oxygen atoms in total. The van der Waals surface area contributed by atoms with Gasteiger partial charge in [-0.2, -0.15) is 5.26 Å². The highest BCUT2D eigenvalue weighted by Gasteiger charge is 2.23. The molecule has 1 heterocycles. The molecule has 0 aromatic heterocycles. The number of nitriles is 1. The third-order valence-electron chi connectivity index (χ3n) is 4.00. The summed E-state index contributed by atoms with van der Waals surface area (Å²) in [6.07, 6.45) is 3.53. The summed E-state index contributed by atoms with van der Waals surface area (Å²) >= 11 is 0. The first-order valence-corrected chi connectivity index (χ1v) is 6.91. The fraction of sp³-hybridized carbons (Fsp3) is 0.562. The second-order valence-corrected chi connectivity index (χ2v) is 6.21. The molecule has 0 bridgehead atoms. The summed E-state index contributed by atoms with van der Waals surface area (Å²) in [6.45, 7) is 7.22. The first-order valence-electron chi connectivity index (χ1n) is 6.91. The molecule has 0 aliphatic carbocycles. The van der Waals surface area contributed by atoms with Crippen LogP contribution >= 0.6 is 0 Å². The topological polar surface area (TPSA) is 27.0 Å². The maximum absolute atomic E-state index is 13.8. The predicted molar refractivity (Wildman–Crippen MR) is 74.0 cm³/mol. The minimum Gasteiger partial charge on any atom is -0.299 e. The molecule has 0 saturated carbocycles. The normalized spacial score (nSPS) is 19.7. The zero-order chi connectivity index (χ0) is 13.9. The van der Waals surface area contributed by atoms with Crippen LogP contribution in [0.4, 0.5) is 4.39 Å². The van der Waals surface area contributed by atoms with E-state index >= 15 is 0 Å². The summed E-state index contributed by atoms with van der Waals surface area (Å²) in [7, 11) is 0.